The average Bonchev–Trinajstić information content (AvgIpc) is 2.32. The number of nitrogens with one attached hydrogen (secondary N) is 1. The molecule has 0 aliphatic carbocycles. The molecule has 0 aliphatic rings. The number of methoxy groups -OCH3 is 1. The van der Waals surface area contributed by atoms with Gasteiger partial charge >= 0.3 is 0 Å². The smallest absolute Gasteiger partial charge is 0.128 e. The third kappa shape index (κ3) is 3.57. The molecule has 0 saturated heterocycles. The largest absolute Gasteiger partial charge is 0.383 e. The van der Waals surface area contributed by atoms with Crippen LogP contribution in [-0.2, 0) is 4.74 Å². The number of nitrogens with two attached hydrogens (primary N) is 1. The Bertz CT molecular complexity index is 384. The lowest BCUT2D eigenvalue weighted by molar-refractivity contribution is 0.0332. The van der Waals surface area contributed by atoms with Crippen molar-refractivity contribution < 1.29 is 4.74 Å². The molecule has 0 fully saturated rings. The van der Waals surface area contributed by atoms with Crippen LogP contribution in [0.5, 0.6) is 0 Å². The summed E-state index contributed by atoms with van der Waals surface area (Å²) in [4.78, 5) is 4.11. The summed E-state index contributed by atoms with van der Waals surface area (Å²) in [6.45, 7) is 7.11. The molecule has 18 heavy (non-hydrogen) atoms. The summed E-state index contributed by atoms with van der Waals surface area (Å²) in [6.07, 6.45) is 1.58. The van der Waals surface area contributed by atoms with E-state index in [4.69, 9.17) is 22.1 Å². The van der Waals surface area contributed by atoms with Crippen LogP contribution in [-0.4, -0.2) is 24.7 Å². The van der Waals surface area contributed by atoms with Gasteiger partial charge in [-0.15, -0.1) is 0 Å². The summed E-state index contributed by atoms with van der Waals surface area (Å²) in [5, 5.41) is 3.98. The normalized spacial score (nSPS) is 14.8. The molecule has 0 bridgehead atoms. The van der Waals surface area contributed by atoms with E-state index in [-0.39, 0.29) is 12.1 Å². The monoisotopic (exact) mass is 271 g/mol. The molecule has 0 amide bonds. The fraction of sp³-hybridized carbons (Fsp3) is 0.615. The Labute approximate surface area is 114 Å². The third-order valence-electron chi connectivity index (χ3n) is 2.93. The van der Waals surface area contributed by atoms with Gasteiger partial charge < -0.3 is 15.8 Å². The fourth-order valence-corrected chi connectivity index (χ4v) is 2.30. The van der Waals surface area contributed by atoms with Gasteiger partial charge in [0.15, 0.2) is 0 Å². The number of halogens is 1. The third-order valence-corrected chi connectivity index (χ3v) is 3.14. The van der Waals surface area contributed by atoms with Gasteiger partial charge in [0.2, 0.25) is 0 Å². The van der Waals surface area contributed by atoms with E-state index < -0.39 is 0 Å². The van der Waals surface area contributed by atoms with Gasteiger partial charge in [-0.1, -0.05) is 32.4 Å². The lowest BCUT2D eigenvalue weighted by Gasteiger charge is -2.30. The first kappa shape index (κ1) is 15.2. The van der Waals surface area contributed by atoms with Crippen molar-refractivity contribution in [2.24, 2.45) is 5.92 Å². The molecule has 102 valence electrons. The SMILES string of the molecule is CCNC(c1cc(Cl)cnc1N)C(OC)C(C)C. The van der Waals surface area contributed by atoms with E-state index in [1.165, 1.54) is 0 Å². The van der Waals surface area contributed by atoms with E-state index in [0.717, 1.165) is 12.1 Å². The van der Waals surface area contributed by atoms with E-state index in [0.29, 0.717) is 16.8 Å². The van der Waals surface area contributed by atoms with Crippen molar-refractivity contribution in [3.05, 3.63) is 22.8 Å². The van der Waals surface area contributed by atoms with Crippen molar-refractivity contribution in [1.29, 1.82) is 0 Å². The number of nitrogen functional groups attached to an aromatic ring is 1. The second kappa shape index (κ2) is 6.92. The highest BCUT2D eigenvalue weighted by molar-refractivity contribution is 6.30. The minimum absolute atomic E-state index is 0.00815. The highest BCUT2D eigenvalue weighted by Crippen LogP contribution is 2.29. The van der Waals surface area contributed by atoms with Crippen molar-refractivity contribution >= 4 is 17.4 Å². The molecule has 1 aromatic rings. The molecule has 1 aromatic heterocycles. The molecule has 0 aliphatic heterocycles. The Morgan fingerprint density at radius 2 is 2.17 bits per heavy atom. The molecule has 4 nitrogen and oxygen atoms in total. The van der Waals surface area contributed by atoms with Gasteiger partial charge in [0.1, 0.15) is 5.82 Å². The Hall–Kier alpha value is -0.840. The molecule has 3 N–H and O–H groups in total. The highest BCUT2D eigenvalue weighted by Gasteiger charge is 2.27. The lowest BCUT2D eigenvalue weighted by Crippen LogP contribution is -2.37. The number of likely N-dealkylation sites (N-methyl/N-ethyl adjacent to an activating group) is 1. The predicted molar refractivity (Wildman–Crippen MR) is 75.7 cm³/mol. The highest BCUT2D eigenvalue weighted by atomic mass is 35.5. The number of rotatable bonds is 6. The van der Waals surface area contributed by atoms with Gasteiger partial charge in [0.25, 0.3) is 0 Å². The first-order valence-electron chi connectivity index (χ1n) is 6.18. The number of hydrogen-bond acceptors (Lipinski definition) is 4. The molecule has 2 atom stereocenters. The topological polar surface area (TPSA) is 60.2 Å². The molecule has 1 heterocycles. The maximum absolute atomic E-state index is 6.00. The van der Waals surface area contributed by atoms with Gasteiger partial charge in [-0.05, 0) is 18.5 Å². The molecule has 5 heteroatoms. The van der Waals surface area contributed by atoms with Gasteiger partial charge in [0, 0.05) is 18.9 Å². The molecular formula is C13H22ClN3O. The average molecular weight is 272 g/mol. The predicted octanol–water partition coefficient (Wildman–Crippen LogP) is 2.64. The maximum Gasteiger partial charge on any atom is 0.128 e. The van der Waals surface area contributed by atoms with Crippen LogP contribution < -0.4 is 11.1 Å². The van der Waals surface area contributed by atoms with Gasteiger partial charge in [0.05, 0.1) is 17.2 Å². The summed E-state index contributed by atoms with van der Waals surface area (Å²) >= 11 is 6.00. The minimum Gasteiger partial charge on any atom is -0.383 e. The molecule has 2 unspecified atom stereocenters. The zero-order valence-corrected chi connectivity index (χ0v) is 12.2. The van der Waals surface area contributed by atoms with Crippen LogP contribution in [0, 0.1) is 5.92 Å². The summed E-state index contributed by atoms with van der Waals surface area (Å²) in [5.74, 6) is 0.852. The van der Waals surface area contributed by atoms with Crippen LogP contribution in [0.1, 0.15) is 32.4 Å². The van der Waals surface area contributed by atoms with Gasteiger partial charge in [-0.25, -0.2) is 4.98 Å². The molecule has 0 saturated carbocycles. The van der Waals surface area contributed by atoms with E-state index in [9.17, 15) is 0 Å². The number of hydrogen-bond donors (Lipinski definition) is 2. The summed E-state index contributed by atoms with van der Waals surface area (Å²) in [7, 11) is 1.71. The number of aromatic nitrogens is 1. The zero-order valence-electron chi connectivity index (χ0n) is 11.4. The molecular weight excluding hydrogens is 250 g/mol. The first-order valence-corrected chi connectivity index (χ1v) is 6.56. The molecule has 1 rings (SSSR count). The van der Waals surface area contributed by atoms with Crippen molar-refractivity contribution in [2.75, 3.05) is 19.4 Å². The standard InChI is InChI=1S/C13H22ClN3O/c1-5-16-11(12(18-4)8(2)3)10-6-9(14)7-17-13(10)15/h6-8,11-12,16H,5H2,1-4H3,(H2,15,17). The number of ether oxygens (including phenoxy) is 1. The van der Waals surface area contributed by atoms with Gasteiger partial charge in [-0.2, -0.15) is 0 Å². The quantitative estimate of drug-likeness (QED) is 0.835. The van der Waals surface area contributed by atoms with Crippen LogP contribution in [0.3, 0.4) is 0 Å². The van der Waals surface area contributed by atoms with Crippen molar-refractivity contribution in [3.63, 3.8) is 0 Å². The number of pyridine rings is 1. The van der Waals surface area contributed by atoms with E-state index in [1.54, 1.807) is 13.3 Å². The van der Waals surface area contributed by atoms with Gasteiger partial charge in [-0.3, -0.25) is 0 Å². The Morgan fingerprint density at radius 3 is 2.67 bits per heavy atom. The maximum atomic E-state index is 6.00. The van der Waals surface area contributed by atoms with E-state index in [1.807, 2.05) is 13.0 Å². The van der Waals surface area contributed by atoms with Crippen molar-refractivity contribution in [3.8, 4) is 0 Å². The van der Waals surface area contributed by atoms with Crippen molar-refractivity contribution in [1.82, 2.24) is 10.3 Å². The molecule has 0 spiro atoms. The molecule has 0 radical (unpaired) electrons. The van der Waals surface area contributed by atoms with Crippen LogP contribution in [0.2, 0.25) is 5.02 Å². The number of anilines is 1. The Morgan fingerprint density at radius 1 is 1.50 bits per heavy atom. The Balaban J connectivity index is 3.13. The zero-order chi connectivity index (χ0) is 13.7. The van der Waals surface area contributed by atoms with Crippen LogP contribution in [0.15, 0.2) is 12.3 Å². The van der Waals surface area contributed by atoms with E-state index >= 15 is 0 Å². The van der Waals surface area contributed by atoms with Crippen LogP contribution in [0.4, 0.5) is 5.82 Å². The molecule has 0 aromatic carbocycles. The number of nitrogens with zero attached hydrogens (tertiary/aromatic N) is 1. The van der Waals surface area contributed by atoms with Crippen molar-refractivity contribution in [2.45, 2.75) is 32.9 Å². The van der Waals surface area contributed by atoms with Crippen LogP contribution >= 0.6 is 11.6 Å². The second-order valence-corrected chi connectivity index (χ2v) is 5.04. The second-order valence-electron chi connectivity index (χ2n) is 4.61. The lowest BCUT2D eigenvalue weighted by atomic mass is 9.93. The summed E-state index contributed by atoms with van der Waals surface area (Å²) in [5.41, 5.74) is 6.84. The fourth-order valence-electron chi connectivity index (χ4n) is 2.13. The Kier molecular flexibility index (Phi) is 5.85. The summed E-state index contributed by atoms with van der Waals surface area (Å²) in [6, 6.07) is 1.84. The van der Waals surface area contributed by atoms with E-state index in [2.05, 4.69) is 24.1 Å². The first-order chi connectivity index (χ1) is 8.51. The summed E-state index contributed by atoms with van der Waals surface area (Å²) < 4.78 is 5.59. The van der Waals surface area contributed by atoms with Crippen LogP contribution in [0.25, 0.3) is 0 Å². The minimum atomic E-state index is -0.00815.